The van der Waals surface area contributed by atoms with Crippen molar-refractivity contribution in [1.29, 1.82) is 0 Å². The Hall–Kier alpha value is -1.30. The molecule has 0 aliphatic carbocycles. The number of H-pyrrole nitrogens is 1. The molecule has 1 aromatic rings. The largest absolute Gasteiger partial charge is 0.377 e. The number of hydrogen-bond acceptors (Lipinski definition) is 5. The van der Waals surface area contributed by atoms with Crippen LogP contribution in [0.5, 0.6) is 0 Å². The number of nitrogens with zero attached hydrogens (tertiary/aromatic N) is 3. The summed E-state index contributed by atoms with van der Waals surface area (Å²) in [5.41, 5.74) is 5.41. The summed E-state index contributed by atoms with van der Waals surface area (Å²) in [5.74, 6) is 0.923. The average Bonchev–Trinajstić information content (AvgIpc) is 2.51. The van der Waals surface area contributed by atoms with E-state index in [-0.39, 0.29) is 6.10 Å². The first-order chi connectivity index (χ1) is 6.59. The van der Waals surface area contributed by atoms with Crippen LogP contribution in [0, 0.1) is 0 Å². The van der Waals surface area contributed by atoms with E-state index in [1.165, 1.54) is 0 Å². The first-order valence-corrected chi connectivity index (χ1v) is 4.60. The number of likely N-dealkylation sites (N-methyl/N-ethyl adjacent to an activating group) is 1. The van der Waals surface area contributed by atoms with Crippen LogP contribution in [-0.4, -0.2) is 41.5 Å². The van der Waals surface area contributed by atoms with Crippen molar-refractivity contribution in [2.75, 3.05) is 30.8 Å². The molecule has 1 aromatic heterocycles. The highest BCUT2D eigenvalue weighted by atomic mass is 16.5. The van der Waals surface area contributed by atoms with Crippen molar-refractivity contribution >= 4 is 11.9 Å². The van der Waals surface area contributed by atoms with Crippen LogP contribution in [0.25, 0.3) is 0 Å². The van der Waals surface area contributed by atoms with E-state index >= 15 is 0 Å². The molecule has 6 nitrogen and oxygen atoms in total. The molecule has 0 amide bonds. The highest BCUT2D eigenvalue weighted by molar-refractivity contribution is 5.32. The van der Waals surface area contributed by atoms with Crippen molar-refractivity contribution < 1.29 is 4.74 Å². The Kier molecular flexibility index (Phi) is 3.70. The van der Waals surface area contributed by atoms with Gasteiger partial charge in [-0.25, -0.2) is 5.10 Å². The Labute approximate surface area is 83.5 Å². The van der Waals surface area contributed by atoms with Crippen LogP contribution in [0.2, 0.25) is 0 Å². The average molecular weight is 199 g/mol. The zero-order valence-electron chi connectivity index (χ0n) is 8.82. The van der Waals surface area contributed by atoms with Gasteiger partial charge in [-0.1, -0.05) is 0 Å². The second-order valence-corrected chi connectivity index (χ2v) is 3.36. The van der Waals surface area contributed by atoms with Gasteiger partial charge in [-0.05, 0) is 13.8 Å². The highest BCUT2D eigenvalue weighted by Gasteiger charge is 2.06. The molecular weight excluding hydrogens is 182 g/mol. The van der Waals surface area contributed by atoms with Gasteiger partial charge in [0.2, 0.25) is 11.9 Å². The maximum absolute atomic E-state index is 5.41. The predicted octanol–water partition coefficient (Wildman–Crippen LogP) is 0.248. The van der Waals surface area contributed by atoms with E-state index in [1.54, 1.807) is 0 Å². The minimum absolute atomic E-state index is 0.251. The lowest BCUT2D eigenvalue weighted by Gasteiger charge is -2.15. The SMILES string of the molecule is CC(C)OCCN(C)c1n[nH]c(N)n1. The topological polar surface area (TPSA) is 80.1 Å². The lowest BCUT2D eigenvalue weighted by atomic mass is 10.5. The maximum atomic E-state index is 5.41. The lowest BCUT2D eigenvalue weighted by Crippen LogP contribution is -2.24. The Morgan fingerprint density at radius 1 is 1.57 bits per heavy atom. The van der Waals surface area contributed by atoms with Crippen LogP contribution in [0.3, 0.4) is 0 Å². The van der Waals surface area contributed by atoms with Crippen molar-refractivity contribution in [2.45, 2.75) is 20.0 Å². The van der Waals surface area contributed by atoms with Gasteiger partial charge in [0.25, 0.3) is 0 Å². The Bertz CT molecular complexity index is 272. The third-order valence-electron chi connectivity index (χ3n) is 1.71. The molecule has 0 aliphatic rings. The van der Waals surface area contributed by atoms with Gasteiger partial charge in [0.05, 0.1) is 12.7 Å². The minimum Gasteiger partial charge on any atom is -0.377 e. The van der Waals surface area contributed by atoms with Gasteiger partial charge in [-0.3, -0.25) is 0 Å². The van der Waals surface area contributed by atoms with Crippen molar-refractivity contribution in [3.8, 4) is 0 Å². The molecule has 14 heavy (non-hydrogen) atoms. The molecule has 0 radical (unpaired) electrons. The molecular formula is C8H17N5O. The van der Waals surface area contributed by atoms with E-state index in [0.717, 1.165) is 6.54 Å². The van der Waals surface area contributed by atoms with E-state index in [0.29, 0.717) is 18.5 Å². The number of aromatic nitrogens is 3. The van der Waals surface area contributed by atoms with Gasteiger partial charge in [0.1, 0.15) is 0 Å². The molecule has 3 N–H and O–H groups in total. The molecule has 0 bridgehead atoms. The summed E-state index contributed by atoms with van der Waals surface area (Å²) in [7, 11) is 1.90. The molecule has 6 heteroatoms. The van der Waals surface area contributed by atoms with Crippen LogP contribution >= 0.6 is 0 Å². The van der Waals surface area contributed by atoms with Crippen LogP contribution in [-0.2, 0) is 4.74 Å². The van der Waals surface area contributed by atoms with Crippen molar-refractivity contribution in [2.24, 2.45) is 0 Å². The van der Waals surface area contributed by atoms with E-state index in [4.69, 9.17) is 10.5 Å². The van der Waals surface area contributed by atoms with Gasteiger partial charge in [0, 0.05) is 13.6 Å². The van der Waals surface area contributed by atoms with Gasteiger partial charge >= 0.3 is 0 Å². The third-order valence-corrected chi connectivity index (χ3v) is 1.71. The monoisotopic (exact) mass is 199 g/mol. The number of ether oxygens (including phenoxy) is 1. The second kappa shape index (κ2) is 4.80. The molecule has 0 saturated carbocycles. The number of nitrogens with one attached hydrogen (secondary N) is 1. The van der Waals surface area contributed by atoms with Gasteiger partial charge in [-0.15, -0.1) is 5.10 Å². The van der Waals surface area contributed by atoms with Crippen LogP contribution in [0.15, 0.2) is 0 Å². The summed E-state index contributed by atoms with van der Waals surface area (Å²) in [6.07, 6.45) is 0.251. The zero-order valence-corrected chi connectivity index (χ0v) is 8.82. The Morgan fingerprint density at radius 3 is 2.79 bits per heavy atom. The fourth-order valence-corrected chi connectivity index (χ4v) is 0.961. The van der Waals surface area contributed by atoms with Crippen LogP contribution in [0.4, 0.5) is 11.9 Å². The van der Waals surface area contributed by atoms with Crippen molar-refractivity contribution in [3.05, 3.63) is 0 Å². The fraction of sp³-hybridized carbons (Fsp3) is 0.750. The second-order valence-electron chi connectivity index (χ2n) is 3.36. The summed E-state index contributed by atoms with van der Waals surface area (Å²) in [6.45, 7) is 5.41. The molecule has 80 valence electrons. The molecule has 0 spiro atoms. The van der Waals surface area contributed by atoms with Crippen molar-refractivity contribution in [1.82, 2.24) is 15.2 Å². The third kappa shape index (κ3) is 3.21. The normalized spacial score (nSPS) is 10.9. The van der Waals surface area contributed by atoms with E-state index in [2.05, 4.69) is 15.2 Å². The first kappa shape index (κ1) is 10.8. The number of hydrogen-bond donors (Lipinski definition) is 2. The number of nitrogen functional groups attached to an aromatic ring is 1. The Balaban J connectivity index is 2.32. The smallest absolute Gasteiger partial charge is 0.246 e. The van der Waals surface area contributed by atoms with Gasteiger partial charge < -0.3 is 15.4 Å². The van der Waals surface area contributed by atoms with E-state index in [1.807, 2.05) is 25.8 Å². The highest BCUT2D eigenvalue weighted by Crippen LogP contribution is 2.04. The van der Waals surface area contributed by atoms with Crippen LogP contribution in [0.1, 0.15) is 13.8 Å². The molecule has 0 fully saturated rings. The van der Waals surface area contributed by atoms with Gasteiger partial charge in [-0.2, -0.15) is 4.98 Å². The molecule has 1 rings (SSSR count). The van der Waals surface area contributed by atoms with Crippen molar-refractivity contribution in [3.63, 3.8) is 0 Å². The summed E-state index contributed by atoms with van der Waals surface area (Å²) >= 11 is 0. The van der Waals surface area contributed by atoms with Crippen LogP contribution < -0.4 is 10.6 Å². The van der Waals surface area contributed by atoms with E-state index in [9.17, 15) is 0 Å². The quantitative estimate of drug-likeness (QED) is 0.710. The summed E-state index contributed by atoms with van der Waals surface area (Å²) in [4.78, 5) is 5.87. The molecule has 0 saturated heterocycles. The lowest BCUT2D eigenvalue weighted by molar-refractivity contribution is 0.0844. The maximum Gasteiger partial charge on any atom is 0.246 e. The number of aromatic amines is 1. The fourth-order valence-electron chi connectivity index (χ4n) is 0.961. The summed E-state index contributed by atoms with van der Waals surface area (Å²) < 4.78 is 5.40. The molecule has 0 unspecified atom stereocenters. The summed E-state index contributed by atoms with van der Waals surface area (Å²) in [5, 5.41) is 6.51. The number of anilines is 2. The molecule has 0 aliphatic heterocycles. The first-order valence-electron chi connectivity index (χ1n) is 4.60. The molecule has 1 heterocycles. The number of nitrogens with two attached hydrogens (primary N) is 1. The van der Waals surface area contributed by atoms with E-state index < -0.39 is 0 Å². The minimum atomic E-state index is 0.251. The predicted molar refractivity (Wildman–Crippen MR) is 55.2 cm³/mol. The zero-order chi connectivity index (χ0) is 10.6. The Morgan fingerprint density at radius 2 is 2.29 bits per heavy atom. The number of rotatable bonds is 5. The van der Waals surface area contributed by atoms with Gasteiger partial charge in [0.15, 0.2) is 0 Å². The summed E-state index contributed by atoms with van der Waals surface area (Å²) in [6, 6.07) is 0. The molecule has 0 aromatic carbocycles. The standard InChI is InChI=1S/C8H17N5O/c1-6(2)14-5-4-13(3)8-10-7(9)11-12-8/h6H,4-5H2,1-3H3,(H3,9,10,11,12). The molecule has 0 atom stereocenters.